The summed E-state index contributed by atoms with van der Waals surface area (Å²) in [7, 11) is 0. The third-order valence-electron chi connectivity index (χ3n) is 3.09. The first kappa shape index (κ1) is 13.7. The molecule has 3 nitrogen and oxygen atoms in total. The van der Waals surface area contributed by atoms with Crippen molar-refractivity contribution in [2.75, 3.05) is 0 Å². The van der Waals surface area contributed by atoms with Crippen molar-refractivity contribution in [1.82, 2.24) is 9.78 Å². The standard InChI is InChI=1S/C14H14ClFN2O/c1-8-13(10(3)19)9(2)18(17-8)7-11-5-4-6-12(16)14(11)15/h4-6H,7H2,1-3H3. The van der Waals surface area contributed by atoms with Crippen LogP contribution < -0.4 is 0 Å². The molecule has 0 bridgehead atoms. The second kappa shape index (κ2) is 5.13. The number of carbonyl (C=O) groups excluding carboxylic acids is 1. The third-order valence-corrected chi connectivity index (χ3v) is 3.51. The maximum Gasteiger partial charge on any atom is 0.163 e. The van der Waals surface area contributed by atoms with Crippen LogP contribution in [0.15, 0.2) is 18.2 Å². The summed E-state index contributed by atoms with van der Waals surface area (Å²) < 4.78 is 15.1. The van der Waals surface area contributed by atoms with Gasteiger partial charge in [-0.25, -0.2) is 4.39 Å². The first-order chi connectivity index (χ1) is 8.91. The van der Waals surface area contributed by atoms with Gasteiger partial charge in [0.15, 0.2) is 5.78 Å². The van der Waals surface area contributed by atoms with Gasteiger partial charge in [-0.3, -0.25) is 9.48 Å². The number of Topliss-reactive ketones (excluding diaryl/α,β-unsaturated/α-hetero) is 1. The fraction of sp³-hybridized carbons (Fsp3) is 0.286. The summed E-state index contributed by atoms with van der Waals surface area (Å²) >= 11 is 5.92. The molecule has 0 saturated heterocycles. The van der Waals surface area contributed by atoms with E-state index < -0.39 is 5.82 Å². The lowest BCUT2D eigenvalue weighted by molar-refractivity contribution is 0.101. The van der Waals surface area contributed by atoms with Crippen LogP contribution in [0.25, 0.3) is 0 Å². The lowest BCUT2D eigenvalue weighted by Gasteiger charge is -2.07. The SMILES string of the molecule is CC(=O)c1c(C)nn(Cc2cccc(F)c2Cl)c1C. The number of rotatable bonds is 3. The minimum Gasteiger partial charge on any atom is -0.294 e. The predicted molar refractivity (Wildman–Crippen MR) is 72.2 cm³/mol. The number of halogens is 2. The number of nitrogens with zero attached hydrogens (tertiary/aromatic N) is 2. The molecular formula is C14H14ClFN2O. The average molecular weight is 281 g/mol. The minimum absolute atomic E-state index is 0.0217. The molecule has 19 heavy (non-hydrogen) atoms. The van der Waals surface area contributed by atoms with Crippen LogP contribution in [0.1, 0.15) is 34.2 Å². The van der Waals surface area contributed by atoms with E-state index in [1.54, 1.807) is 23.7 Å². The monoisotopic (exact) mass is 280 g/mol. The summed E-state index contributed by atoms with van der Waals surface area (Å²) in [5.41, 5.74) is 2.71. The molecule has 0 N–H and O–H groups in total. The Kier molecular flexibility index (Phi) is 3.71. The second-order valence-electron chi connectivity index (χ2n) is 4.47. The van der Waals surface area contributed by atoms with E-state index in [-0.39, 0.29) is 10.8 Å². The molecule has 0 fully saturated rings. The van der Waals surface area contributed by atoms with Gasteiger partial charge >= 0.3 is 0 Å². The van der Waals surface area contributed by atoms with Crippen LogP contribution in [0.4, 0.5) is 4.39 Å². The zero-order valence-electron chi connectivity index (χ0n) is 11.0. The number of benzene rings is 1. The molecule has 1 aromatic carbocycles. The fourth-order valence-electron chi connectivity index (χ4n) is 2.19. The number of carbonyl (C=O) groups is 1. The summed E-state index contributed by atoms with van der Waals surface area (Å²) in [6.07, 6.45) is 0. The van der Waals surface area contributed by atoms with Crippen molar-refractivity contribution in [2.45, 2.75) is 27.3 Å². The summed E-state index contributed by atoms with van der Waals surface area (Å²) in [6.45, 7) is 5.46. The highest BCUT2D eigenvalue weighted by molar-refractivity contribution is 6.31. The van der Waals surface area contributed by atoms with Crippen molar-refractivity contribution in [3.63, 3.8) is 0 Å². The zero-order valence-corrected chi connectivity index (χ0v) is 11.8. The summed E-state index contributed by atoms with van der Waals surface area (Å²) in [6, 6.07) is 4.66. The number of ketones is 1. The molecule has 0 amide bonds. The molecule has 1 aromatic heterocycles. The molecule has 5 heteroatoms. The first-order valence-electron chi connectivity index (χ1n) is 5.89. The largest absolute Gasteiger partial charge is 0.294 e. The maximum atomic E-state index is 13.4. The van der Waals surface area contributed by atoms with E-state index >= 15 is 0 Å². The Morgan fingerprint density at radius 1 is 1.42 bits per heavy atom. The Morgan fingerprint density at radius 3 is 2.68 bits per heavy atom. The average Bonchev–Trinajstić information content (AvgIpc) is 2.60. The van der Waals surface area contributed by atoms with Gasteiger partial charge in [-0.2, -0.15) is 5.10 Å². The number of hydrogen-bond donors (Lipinski definition) is 0. The van der Waals surface area contributed by atoms with Gasteiger partial charge in [-0.05, 0) is 32.4 Å². The molecule has 0 atom stereocenters. The van der Waals surface area contributed by atoms with Gasteiger partial charge in [0, 0.05) is 5.69 Å². The molecule has 0 spiro atoms. The van der Waals surface area contributed by atoms with E-state index in [0.29, 0.717) is 23.4 Å². The van der Waals surface area contributed by atoms with Crippen molar-refractivity contribution < 1.29 is 9.18 Å². The maximum absolute atomic E-state index is 13.4. The van der Waals surface area contributed by atoms with E-state index in [1.165, 1.54) is 13.0 Å². The Hall–Kier alpha value is -1.68. The van der Waals surface area contributed by atoms with Crippen LogP contribution in [-0.4, -0.2) is 15.6 Å². The van der Waals surface area contributed by atoms with Crippen LogP contribution in [-0.2, 0) is 6.54 Å². The molecule has 100 valence electrons. The molecular weight excluding hydrogens is 267 g/mol. The summed E-state index contributed by atoms with van der Waals surface area (Å²) in [5, 5.41) is 4.41. The number of hydrogen-bond acceptors (Lipinski definition) is 2. The normalized spacial score (nSPS) is 10.8. The van der Waals surface area contributed by atoms with Gasteiger partial charge < -0.3 is 0 Å². The highest BCUT2D eigenvalue weighted by atomic mass is 35.5. The first-order valence-corrected chi connectivity index (χ1v) is 6.27. The molecule has 1 heterocycles. The van der Waals surface area contributed by atoms with Crippen molar-refractivity contribution >= 4 is 17.4 Å². The lowest BCUT2D eigenvalue weighted by atomic mass is 10.1. The van der Waals surface area contributed by atoms with Crippen LogP contribution in [0.2, 0.25) is 5.02 Å². The van der Waals surface area contributed by atoms with E-state index in [9.17, 15) is 9.18 Å². The molecule has 0 aliphatic heterocycles. The quantitative estimate of drug-likeness (QED) is 0.806. The molecule has 0 unspecified atom stereocenters. The Balaban J connectivity index is 2.42. The fourth-order valence-corrected chi connectivity index (χ4v) is 2.38. The van der Waals surface area contributed by atoms with Crippen LogP contribution in [0, 0.1) is 19.7 Å². The van der Waals surface area contributed by atoms with Gasteiger partial charge in [0.05, 0.1) is 22.8 Å². The molecule has 2 rings (SSSR count). The van der Waals surface area contributed by atoms with Gasteiger partial charge in [0.25, 0.3) is 0 Å². The van der Waals surface area contributed by atoms with Crippen LogP contribution in [0.5, 0.6) is 0 Å². The summed E-state index contributed by atoms with van der Waals surface area (Å²) in [4.78, 5) is 11.5. The van der Waals surface area contributed by atoms with Crippen LogP contribution in [0.3, 0.4) is 0 Å². The minimum atomic E-state index is -0.451. The van der Waals surface area contributed by atoms with Crippen molar-refractivity contribution in [3.05, 3.63) is 51.6 Å². The zero-order chi connectivity index (χ0) is 14.2. The predicted octanol–water partition coefficient (Wildman–Crippen LogP) is 3.54. The van der Waals surface area contributed by atoms with Crippen molar-refractivity contribution in [3.8, 4) is 0 Å². The highest BCUT2D eigenvalue weighted by Crippen LogP contribution is 2.22. The summed E-state index contributed by atoms with van der Waals surface area (Å²) in [5.74, 6) is -0.473. The molecule has 2 aromatic rings. The molecule has 0 saturated carbocycles. The Morgan fingerprint density at radius 2 is 2.11 bits per heavy atom. The number of aryl methyl sites for hydroxylation is 1. The third kappa shape index (κ3) is 2.54. The van der Waals surface area contributed by atoms with E-state index in [1.807, 2.05) is 6.92 Å². The Bertz CT molecular complexity index is 649. The van der Waals surface area contributed by atoms with Gasteiger partial charge in [0.1, 0.15) is 5.82 Å². The van der Waals surface area contributed by atoms with Gasteiger partial charge in [0.2, 0.25) is 0 Å². The Labute approximate surface area is 116 Å². The smallest absolute Gasteiger partial charge is 0.163 e. The van der Waals surface area contributed by atoms with E-state index in [2.05, 4.69) is 5.10 Å². The topological polar surface area (TPSA) is 34.9 Å². The van der Waals surface area contributed by atoms with Gasteiger partial charge in [-0.1, -0.05) is 23.7 Å². The molecule has 0 aliphatic rings. The van der Waals surface area contributed by atoms with E-state index in [0.717, 1.165) is 5.69 Å². The highest BCUT2D eigenvalue weighted by Gasteiger charge is 2.16. The second-order valence-corrected chi connectivity index (χ2v) is 4.85. The molecule has 0 radical (unpaired) electrons. The van der Waals surface area contributed by atoms with Crippen molar-refractivity contribution in [1.29, 1.82) is 0 Å². The van der Waals surface area contributed by atoms with Crippen LogP contribution >= 0.6 is 11.6 Å². The van der Waals surface area contributed by atoms with Crippen molar-refractivity contribution in [2.24, 2.45) is 0 Å². The van der Waals surface area contributed by atoms with E-state index in [4.69, 9.17) is 11.6 Å². The lowest BCUT2D eigenvalue weighted by Crippen LogP contribution is -2.06. The molecule has 0 aliphatic carbocycles. The van der Waals surface area contributed by atoms with Gasteiger partial charge in [-0.15, -0.1) is 0 Å². The number of aromatic nitrogens is 2.